The van der Waals surface area contributed by atoms with E-state index in [4.69, 9.17) is 9.47 Å². The fourth-order valence-electron chi connectivity index (χ4n) is 2.78. The Labute approximate surface area is 107 Å². The van der Waals surface area contributed by atoms with Gasteiger partial charge in [-0.15, -0.1) is 0 Å². The Bertz CT molecular complexity index is 454. The summed E-state index contributed by atoms with van der Waals surface area (Å²) in [6.07, 6.45) is 3.02. The van der Waals surface area contributed by atoms with E-state index in [2.05, 4.69) is 0 Å². The van der Waals surface area contributed by atoms with Crippen LogP contribution in [0.15, 0.2) is 42.7 Å². The topological polar surface area (TPSA) is 38.7 Å². The minimum absolute atomic E-state index is 0.0154. The molecule has 1 fully saturated rings. The van der Waals surface area contributed by atoms with Gasteiger partial charge in [-0.3, -0.25) is 0 Å². The fraction of sp³-hybridized carbons (Fsp3) is 0.467. The van der Waals surface area contributed by atoms with Gasteiger partial charge < -0.3 is 14.6 Å². The van der Waals surface area contributed by atoms with Crippen LogP contribution >= 0.6 is 0 Å². The second kappa shape index (κ2) is 4.11. The van der Waals surface area contributed by atoms with Crippen molar-refractivity contribution in [2.75, 3.05) is 0 Å². The Morgan fingerprint density at radius 2 is 1.94 bits per heavy atom. The van der Waals surface area contributed by atoms with Crippen LogP contribution in [0.3, 0.4) is 0 Å². The van der Waals surface area contributed by atoms with Crippen molar-refractivity contribution in [1.82, 2.24) is 0 Å². The molecule has 0 radical (unpaired) electrons. The summed E-state index contributed by atoms with van der Waals surface area (Å²) in [5, 5.41) is 10.3. The van der Waals surface area contributed by atoms with E-state index in [9.17, 15) is 5.11 Å². The summed E-state index contributed by atoms with van der Waals surface area (Å²) in [6.45, 7) is 3.94. The quantitative estimate of drug-likeness (QED) is 0.891. The number of aliphatic hydroxyl groups excluding tert-OH is 1. The molecule has 2 aliphatic rings. The van der Waals surface area contributed by atoms with Crippen molar-refractivity contribution in [1.29, 1.82) is 0 Å². The van der Waals surface area contributed by atoms with Crippen molar-refractivity contribution >= 4 is 0 Å². The van der Waals surface area contributed by atoms with Crippen molar-refractivity contribution in [3.63, 3.8) is 0 Å². The Morgan fingerprint density at radius 1 is 1.22 bits per heavy atom. The first-order valence-corrected chi connectivity index (χ1v) is 6.40. The molecule has 0 aliphatic carbocycles. The third kappa shape index (κ3) is 1.51. The van der Waals surface area contributed by atoms with Gasteiger partial charge in [0, 0.05) is 0 Å². The molecule has 1 aromatic rings. The van der Waals surface area contributed by atoms with Gasteiger partial charge in [0.05, 0.1) is 18.3 Å². The second-order valence-electron chi connectivity index (χ2n) is 5.33. The number of fused-ring (bicyclic) bond motifs is 1. The number of aliphatic hydroxyl groups is 1. The summed E-state index contributed by atoms with van der Waals surface area (Å²) in [5.41, 5.74) is 1.13. The van der Waals surface area contributed by atoms with Gasteiger partial charge in [-0.2, -0.15) is 0 Å². The maximum Gasteiger partial charge on any atom is 0.245 e. The first-order valence-electron chi connectivity index (χ1n) is 6.40. The number of benzene rings is 1. The van der Waals surface area contributed by atoms with Crippen LogP contribution in [0.25, 0.3) is 0 Å². The van der Waals surface area contributed by atoms with Gasteiger partial charge in [0.1, 0.15) is 6.10 Å². The van der Waals surface area contributed by atoms with Crippen molar-refractivity contribution in [3.05, 3.63) is 48.2 Å². The van der Waals surface area contributed by atoms with Crippen LogP contribution in [0.2, 0.25) is 0 Å². The largest absolute Gasteiger partial charge is 0.467 e. The average Bonchev–Trinajstić information content (AvgIpc) is 2.68. The van der Waals surface area contributed by atoms with Gasteiger partial charge in [-0.1, -0.05) is 44.2 Å². The van der Waals surface area contributed by atoms with E-state index in [1.807, 2.05) is 50.3 Å². The monoisotopic (exact) mass is 246 g/mol. The fourth-order valence-corrected chi connectivity index (χ4v) is 2.78. The zero-order valence-corrected chi connectivity index (χ0v) is 10.6. The van der Waals surface area contributed by atoms with Crippen LogP contribution in [0.5, 0.6) is 0 Å². The lowest BCUT2D eigenvalue weighted by atomic mass is 9.77. The molecule has 1 saturated heterocycles. The smallest absolute Gasteiger partial charge is 0.245 e. The number of ether oxygens (including phenoxy) is 2. The zero-order valence-electron chi connectivity index (χ0n) is 10.6. The minimum atomic E-state index is -0.866. The van der Waals surface area contributed by atoms with Crippen LogP contribution < -0.4 is 0 Å². The molecule has 18 heavy (non-hydrogen) atoms. The number of hydrogen-bond donors (Lipinski definition) is 1. The molecule has 0 saturated carbocycles. The third-order valence-electron chi connectivity index (χ3n) is 3.81. The summed E-state index contributed by atoms with van der Waals surface area (Å²) in [4.78, 5) is 0. The lowest BCUT2D eigenvalue weighted by molar-refractivity contribution is -0.383. The molecular formula is C15H18O3. The first-order chi connectivity index (χ1) is 8.65. The Hall–Kier alpha value is -1.32. The van der Waals surface area contributed by atoms with E-state index in [0.717, 1.165) is 5.56 Å². The highest BCUT2D eigenvalue weighted by atomic mass is 16.7. The van der Waals surface area contributed by atoms with Gasteiger partial charge in [-0.05, 0) is 17.6 Å². The van der Waals surface area contributed by atoms with E-state index >= 15 is 0 Å². The molecule has 96 valence electrons. The molecule has 0 bridgehead atoms. The molecule has 2 heterocycles. The van der Waals surface area contributed by atoms with Crippen molar-refractivity contribution in [2.45, 2.75) is 31.8 Å². The predicted octanol–water partition coefficient (Wildman–Crippen LogP) is 2.63. The van der Waals surface area contributed by atoms with E-state index in [1.54, 1.807) is 6.26 Å². The van der Waals surface area contributed by atoms with Gasteiger partial charge in [0.25, 0.3) is 0 Å². The van der Waals surface area contributed by atoms with Crippen LogP contribution in [-0.4, -0.2) is 17.0 Å². The molecule has 1 aromatic carbocycles. The maximum atomic E-state index is 10.3. The standard InChI is InChI=1S/C15H18O3/c1-10(2)14(16)15-12(8-9-17-15)13(18-15)11-6-4-3-5-7-11/h3-10,12-14,16H,1-2H3/t12-,13?,14+,15-/m0/s1. The number of rotatable bonds is 3. The summed E-state index contributed by atoms with van der Waals surface area (Å²) in [7, 11) is 0. The zero-order chi connectivity index (χ0) is 12.8. The van der Waals surface area contributed by atoms with Gasteiger partial charge in [0.15, 0.2) is 0 Å². The van der Waals surface area contributed by atoms with Gasteiger partial charge in [0.2, 0.25) is 5.79 Å². The van der Waals surface area contributed by atoms with E-state index in [-0.39, 0.29) is 17.9 Å². The molecule has 4 atom stereocenters. The lowest BCUT2D eigenvalue weighted by Gasteiger charge is -2.52. The first kappa shape index (κ1) is 11.8. The highest BCUT2D eigenvalue weighted by Crippen LogP contribution is 2.55. The summed E-state index contributed by atoms with van der Waals surface area (Å²) in [5.74, 6) is -0.671. The van der Waals surface area contributed by atoms with Crippen molar-refractivity contribution in [2.24, 2.45) is 11.8 Å². The van der Waals surface area contributed by atoms with Crippen LogP contribution in [0.1, 0.15) is 25.5 Å². The van der Waals surface area contributed by atoms with Crippen LogP contribution in [0.4, 0.5) is 0 Å². The SMILES string of the molecule is CC(C)[C@@H](O)[C@]12OC=C[C@H]1C(c1ccccc1)O2. The molecule has 3 rings (SSSR count). The van der Waals surface area contributed by atoms with E-state index in [1.165, 1.54) is 0 Å². The summed E-state index contributed by atoms with van der Waals surface area (Å²) >= 11 is 0. The van der Waals surface area contributed by atoms with E-state index < -0.39 is 11.9 Å². The Balaban J connectivity index is 1.84. The van der Waals surface area contributed by atoms with E-state index in [0.29, 0.717) is 0 Å². The van der Waals surface area contributed by atoms with Gasteiger partial charge in [-0.25, -0.2) is 0 Å². The van der Waals surface area contributed by atoms with Crippen LogP contribution in [0, 0.1) is 11.8 Å². The minimum Gasteiger partial charge on any atom is -0.467 e. The Morgan fingerprint density at radius 3 is 2.61 bits per heavy atom. The summed E-state index contributed by atoms with van der Waals surface area (Å²) in [6, 6.07) is 10.1. The molecule has 3 heteroatoms. The van der Waals surface area contributed by atoms with Crippen molar-refractivity contribution < 1.29 is 14.6 Å². The number of hydrogen-bond acceptors (Lipinski definition) is 3. The molecule has 0 amide bonds. The lowest BCUT2D eigenvalue weighted by Crippen LogP contribution is -2.62. The Kier molecular flexibility index (Phi) is 2.68. The molecule has 1 N–H and O–H groups in total. The molecule has 0 aromatic heterocycles. The predicted molar refractivity (Wildman–Crippen MR) is 67.6 cm³/mol. The average molecular weight is 246 g/mol. The molecular weight excluding hydrogens is 228 g/mol. The van der Waals surface area contributed by atoms with Gasteiger partial charge >= 0.3 is 0 Å². The summed E-state index contributed by atoms with van der Waals surface area (Å²) < 4.78 is 11.5. The second-order valence-corrected chi connectivity index (χ2v) is 5.33. The molecule has 3 nitrogen and oxygen atoms in total. The van der Waals surface area contributed by atoms with Crippen molar-refractivity contribution in [3.8, 4) is 0 Å². The normalized spacial score (nSPS) is 34.9. The maximum absolute atomic E-state index is 10.3. The molecule has 1 unspecified atom stereocenters. The highest BCUT2D eigenvalue weighted by molar-refractivity contribution is 5.26. The highest BCUT2D eigenvalue weighted by Gasteiger charge is 2.63. The third-order valence-corrected chi connectivity index (χ3v) is 3.81. The molecule has 0 spiro atoms. The van der Waals surface area contributed by atoms with Crippen LogP contribution in [-0.2, 0) is 9.47 Å². The molecule has 2 aliphatic heterocycles.